The summed E-state index contributed by atoms with van der Waals surface area (Å²) in [6.07, 6.45) is 5.04. The average Bonchev–Trinajstić information content (AvgIpc) is 2.40. The number of hydrogen-bond acceptors (Lipinski definition) is 5. The third-order valence-electron chi connectivity index (χ3n) is 2.97. The van der Waals surface area contributed by atoms with Gasteiger partial charge in [0.25, 0.3) is 0 Å². The summed E-state index contributed by atoms with van der Waals surface area (Å²) in [6.45, 7) is 8.45. The summed E-state index contributed by atoms with van der Waals surface area (Å²) in [6, 6.07) is 0. The summed E-state index contributed by atoms with van der Waals surface area (Å²) in [7, 11) is 0. The molecular weight excluding hydrogens is 244 g/mol. The Hall–Kier alpha value is -0.810. The molecule has 1 aliphatic rings. The van der Waals surface area contributed by atoms with Crippen molar-refractivity contribution in [3.63, 3.8) is 0 Å². The molecule has 1 saturated heterocycles. The molecule has 5 heteroatoms. The molecule has 0 bridgehead atoms. The van der Waals surface area contributed by atoms with E-state index < -0.39 is 0 Å². The number of hydrogen-bond donors (Lipinski definition) is 1. The molecule has 2 rings (SSSR count). The molecule has 0 radical (unpaired) electrons. The molecule has 0 aromatic carbocycles. The van der Waals surface area contributed by atoms with E-state index >= 15 is 0 Å². The monoisotopic (exact) mass is 266 g/mol. The highest BCUT2D eigenvalue weighted by Crippen LogP contribution is 2.20. The maximum Gasteiger partial charge on any atom is 0.225 e. The van der Waals surface area contributed by atoms with E-state index in [1.54, 1.807) is 0 Å². The van der Waals surface area contributed by atoms with Crippen LogP contribution < -0.4 is 10.2 Å². The molecule has 1 aromatic heterocycles. The zero-order valence-electron chi connectivity index (χ0n) is 11.2. The van der Waals surface area contributed by atoms with Crippen molar-refractivity contribution in [1.82, 2.24) is 15.3 Å². The van der Waals surface area contributed by atoms with Crippen LogP contribution in [0, 0.1) is 0 Å². The highest BCUT2D eigenvalue weighted by molar-refractivity contribution is 8.00. The topological polar surface area (TPSA) is 41.1 Å². The van der Waals surface area contributed by atoms with Crippen LogP contribution >= 0.6 is 11.8 Å². The Kier molecular flexibility index (Phi) is 5.26. The van der Waals surface area contributed by atoms with Crippen LogP contribution in [0.5, 0.6) is 0 Å². The smallest absolute Gasteiger partial charge is 0.225 e. The second-order valence-electron chi connectivity index (χ2n) is 4.70. The van der Waals surface area contributed by atoms with Crippen molar-refractivity contribution >= 4 is 17.7 Å². The SMILES string of the molecule is CCCNCc1cnc(N2CCSC(C)C2)nc1. The number of nitrogens with zero attached hydrogens (tertiary/aromatic N) is 3. The van der Waals surface area contributed by atoms with Crippen LogP contribution in [-0.2, 0) is 6.54 Å². The lowest BCUT2D eigenvalue weighted by molar-refractivity contribution is 0.670. The second kappa shape index (κ2) is 6.95. The van der Waals surface area contributed by atoms with Crippen LogP contribution in [0.2, 0.25) is 0 Å². The van der Waals surface area contributed by atoms with Gasteiger partial charge in [0.2, 0.25) is 5.95 Å². The third kappa shape index (κ3) is 3.85. The van der Waals surface area contributed by atoms with E-state index in [1.807, 2.05) is 24.2 Å². The van der Waals surface area contributed by atoms with Gasteiger partial charge in [0.05, 0.1) is 0 Å². The largest absolute Gasteiger partial charge is 0.339 e. The summed E-state index contributed by atoms with van der Waals surface area (Å²) in [5.41, 5.74) is 1.16. The number of rotatable bonds is 5. The van der Waals surface area contributed by atoms with Crippen molar-refractivity contribution in [2.45, 2.75) is 32.1 Å². The molecule has 1 aliphatic heterocycles. The molecule has 1 fully saturated rings. The van der Waals surface area contributed by atoms with E-state index in [0.717, 1.165) is 44.1 Å². The molecule has 18 heavy (non-hydrogen) atoms. The fraction of sp³-hybridized carbons (Fsp3) is 0.692. The van der Waals surface area contributed by atoms with E-state index in [-0.39, 0.29) is 0 Å². The Morgan fingerprint density at radius 3 is 2.89 bits per heavy atom. The summed E-state index contributed by atoms with van der Waals surface area (Å²) >= 11 is 2.03. The van der Waals surface area contributed by atoms with Crippen LogP contribution in [0.4, 0.5) is 5.95 Å². The minimum Gasteiger partial charge on any atom is -0.339 e. The summed E-state index contributed by atoms with van der Waals surface area (Å²) < 4.78 is 0. The van der Waals surface area contributed by atoms with E-state index in [2.05, 4.69) is 34.0 Å². The summed E-state index contributed by atoms with van der Waals surface area (Å²) in [4.78, 5) is 11.2. The maximum absolute atomic E-state index is 4.48. The minimum absolute atomic E-state index is 0.674. The van der Waals surface area contributed by atoms with E-state index in [4.69, 9.17) is 0 Å². The molecule has 0 spiro atoms. The lowest BCUT2D eigenvalue weighted by Crippen LogP contribution is -2.37. The highest BCUT2D eigenvalue weighted by atomic mass is 32.2. The van der Waals surface area contributed by atoms with Crippen LogP contribution in [0.1, 0.15) is 25.8 Å². The molecular formula is C13H22N4S. The predicted molar refractivity (Wildman–Crippen MR) is 78.2 cm³/mol. The number of anilines is 1. The minimum atomic E-state index is 0.674. The Balaban J connectivity index is 1.90. The first-order valence-electron chi connectivity index (χ1n) is 6.67. The molecule has 2 heterocycles. The number of aromatic nitrogens is 2. The molecule has 4 nitrogen and oxygen atoms in total. The van der Waals surface area contributed by atoms with Gasteiger partial charge in [-0.05, 0) is 13.0 Å². The molecule has 1 N–H and O–H groups in total. The normalized spacial score (nSPS) is 20.1. The zero-order chi connectivity index (χ0) is 12.8. The Morgan fingerprint density at radius 2 is 2.22 bits per heavy atom. The third-order valence-corrected chi connectivity index (χ3v) is 4.11. The van der Waals surface area contributed by atoms with Gasteiger partial charge >= 0.3 is 0 Å². The molecule has 100 valence electrons. The van der Waals surface area contributed by atoms with Crippen molar-refractivity contribution in [2.75, 3.05) is 30.3 Å². The fourth-order valence-electron chi connectivity index (χ4n) is 2.01. The van der Waals surface area contributed by atoms with E-state index in [0.29, 0.717) is 5.25 Å². The Bertz CT molecular complexity index is 355. The van der Waals surface area contributed by atoms with Gasteiger partial charge in [-0.1, -0.05) is 13.8 Å². The van der Waals surface area contributed by atoms with Crippen molar-refractivity contribution in [3.8, 4) is 0 Å². The lowest BCUT2D eigenvalue weighted by Gasteiger charge is -2.30. The zero-order valence-corrected chi connectivity index (χ0v) is 12.0. The van der Waals surface area contributed by atoms with Crippen LogP contribution in [-0.4, -0.2) is 40.6 Å². The quantitative estimate of drug-likeness (QED) is 0.825. The second-order valence-corrected chi connectivity index (χ2v) is 6.24. The Labute approximate surface area is 114 Å². The van der Waals surface area contributed by atoms with Gasteiger partial charge in [0.1, 0.15) is 0 Å². The lowest BCUT2D eigenvalue weighted by atomic mass is 10.3. The van der Waals surface area contributed by atoms with Gasteiger partial charge in [0.15, 0.2) is 0 Å². The number of nitrogens with one attached hydrogen (secondary N) is 1. The first-order valence-corrected chi connectivity index (χ1v) is 7.72. The van der Waals surface area contributed by atoms with Crippen LogP contribution in [0.25, 0.3) is 0 Å². The highest BCUT2D eigenvalue weighted by Gasteiger charge is 2.18. The first kappa shape index (κ1) is 13.6. The fourth-order valence-corrected chi connectivity index (χ4v) is 3.03. The molecule has 0 aliphatic carbocycles. The number of thioether (sulfide) groups is 1. The molecule has 1 atom stereocenters. The van der Waals surface area contributed by atoms with Gasteiger partial charge < -0.3 is 10.2 Å². The first-order chi connectivity index (χ1) is 8.79. The van der Waals surface area contributed by atoms with Gasteiger partial charge in [-0.15, -0.1) is 0 Å². The average molecular weight is 266 g/mol. The van der Waals surface area contributed by atoms with Crippen LogP contribution in [0.3, 0.4) is 0 Å². The maximum atomic E-state index is 4.48. The van der Waals surface area contributed by atoms with Gasteiger partial charge in [-0.25, -0.2) is 9.97 Å². The van der Waals surface area contributed by atoms with E-state index in [9.17, 15) is 0 Å². The molecule has 0 amide bonds. The van der Waals surface area contributed by atoms with Crippen molar-refractivity contribution in [3.05, 3.63) is 18.0 Å². The Morgan fingerprint density at radius 1 is 1.44 bits per heavy atom. The van der Waals surface area contributed by atoms with Gasteiger partial charge in [-0.3, -0.25) is 0 Å². The van der Waals surface area contributed by atoms with E-state index in [1.165, 1.54) is 5.75 Å². The predicted octanol–water partition coefficient (Wildman–Crippen LogP) is 1.92. The standard InChI is InChI=1S/C13H22N4S/c1-3-4-14-7-12-8-15-13(16-9-12)17-5-6-18-11(2)10-17/h8-9,11,14H,3-7,10H2,1-2H3. The van der Waals surface area contributed by atoms with Gasteiger partial charge in [-0.2, -0.15) is 11.8 Å². The van der Waals surface area contributed by atoms with Gasteiger partial charge in [0, 0.05) is 48.6 Å². The summed E-state index contributed by atoms with van der Waals surface area (Å²) in [5.74, 6) is 2.05. The van der Waals surface area contributed by atoms with Crippen molar-refractivity contribution in [2.24, 2.45) is 0 Å². The summed E-state index contributed by atoms with van der Waals surface area (Å²) in [5, 5.41) is 4.03. The van der Waals surface area contributed by atoms with Crippen molar-refractivity contribution in [1.29, 1.82) is 0 Å². The van der Waals surface area contributed by atoms with Crippen molar-refractivity contribution < 1.29 is 0 Å². The molecule has 0 saturated carbocycles. The molecule has 1 unspecified atom stereocenters. The molecule has 1 aromatic rings. The van der Waals surface area contributed by atoms with Crippen LogP contribution in [0.15, 0.2) is 12.4 Å².